The van der Waals surface area contributed by atoms with Crippen LogP contribution in [0, 0.1) is 17.2 Å². The van der Waals surface area contributed by atoms with Crippen LogP contribution in [0.5, 0.6) is 0 Å². The SMILES string of the molecule is CCC(CC)C(O)CNCC(=O)NCCC#N. The number of carbonyl (C=O) groups excluding carboxylic acids is 1. The fraction of sp³-hybridized carbons (Fsp3) is 0.833. The summed E-state index contributed by atoms with van der Waals surface area (Å²) in [6.45, 7) is 5.09. The predicted molar refractivity (Wildman–Crippen MR) is 66.2 cm³/mol. The van der Waals surface area contributed by atoms with Crippen molar-refractivity contribution in [2.75, 3.05) is 19.6 Å². The fourth-order valence-electron chi connectivity index (χ4n) is 1.65. The van der Waals surface area contributed by atoms with Gasteiger partial charge in [-0.2, -0.15) is 5.26 Å². The first-order valence-corrected chi connectivity index (χ1v) is 6.18. The Morgan fingerprint density at radius 1 is 1.41 bits per heavy atom. The molecular formula is C12H23N3O2. The third-order valence-corrected chi connectivity index (χ3v) is 2.79. The molecule has 0 aromatic rings. The standard InChI is InChI=1S/C12H23N3O2/c1-3-10(4-2)11(16)8-14-9-12(17)15-7-5-6-13/h10-11,14,16H,3-5,7-9H2,1-2H3,(H,15,17). The van der Waals surface area contributed by atoms with Gasteiger partial charge in [-0.3, -0.25) is 4.79 Å². The highest BCUT2D eigenvalue weighted by atomic mass is 16.3. The van der Waals surface area contributed by atoms with E-state index in [1.807, 2.05) is 19.9 Å². The number of rotatable bonds is 9. The van der Waals surface area contributed by atoms with Gasteiger partial charge in [-0.25, -0.2) is 0 Å². The first-order valence-electron chi connectivity index (χ1n) is 6.18. The van der Waals surface area contributed by atoms with E-state index < -0.39 is 6.10 Å². The Morgan fingerprint density at radius 3 is 2.59 bits per heavy atom. The number of nitrogens with zero attached hydrogens (tertiary/aromatic N) is 1. The molecule has 1 amide bonds. The van der Waals surface area contributed by atoms with Crippen LogP contribution in [-0.2, 0) is 4.79 Å². The van der Waals surface area contributed by atoms with E-state index in [-0.39, 0.29) is 18.4 Å². The number of nitriles is 1. The van der Waals surface area contributed by atoms with E-state index in [9.17, 15) is 9.90 Å². The first kappa shape index (κ1) is 15.9. The van der Waals surface area contributed by atoms with Crippen LogP contribution in [0.1, 0.15) is 33.1 Å². The topological polar surface area (TPSA) is 85.2 Å². The molecule has 0 bridgehead atoms. The lowest BCUT2D eigenvalue weighted by molar-refractivity contribution is -0.120. The van der Waals surface area contributed by atoms with E-state index in [1.54, 1.807) is 0 Å². The van der Waals surface area contributed by atoms with Crippen LogP contribution in [0.15, 0.2) is 0 Å². The molecule has 0 heterocycles. The minimum Gasteiger partial charge on any atom is -0.392 e. The smallest absolute Gasteiger partial charge is 0.233 e. The highest BCUT2D eigenvalue weighted by Crippen LogP contribution is 2.11. The molecule has 0 aliphatic rings. The maximum atomic E-state index is 11.2. The van der Waals surface area contributed by atoms with Crippen molar-refractivity contribution in [3.05, 3.63) is 0 Å². The second kappa shape index (κ2) is 10.1. The monoisotopic (exact) mass is 241 g/mol. The summed E-state index contributed by atoms with van der Waals surface area (Å²) in [6, 6.07) is 1.95. The van der Waals surface area contributed by atoms with Gasteiger partial charge in [0.15, 0.2) is 0 Å². The van der Waals surface area contributed by atoms with Gasteiger partial charge in [-0.05, 0) is 5.92 Å². The molecular weight excluding hydrogens is 218 g/mol. The number of amides is 1. The summed E-state index contributed by atoms with van der Waals surface area (Å²) in [4.78, 5) is 11.2. The molecule has 0 aromatic heterocycles. The molecule has 0 rings (SSSR count). The Balaban J connectivity index is 3.62. The van der Waals surface area contributed by atoms with Crippen molar-refractivity contribution in [2.24, 2.45) is 5.92 Å². The average molecular weight is 241 g/mol. The number of aliphatic hydroxyl groups is 1. The zero-order chi connectivity index (χ0) is 13.1. The average Bonchev–Trinajstić information content (AvgIpc) is 2.31. The van der Waals surface area contributed by atoms with Crippen LogP contribution in [0.3, 0.4) is 0 Å². The lowest BCUT2D eigenvalue weighted by Crippen LogP contribution is -2.39. The Bertz CT molecular complexity index is 247. The zero-order valence-electron chi connectivity index (χ0n) is 10.7. The molecule has 0 aliphatic carbocycles. The molecule has 5 heteroatoms. The lowest BCUT2D eigenvalue weighted by atomic mass is 9.97. The van der Waals surface area contributed by atoms with Crippen molar-refractivity contribution < 1.29 is 9.90 Å². The second-order valence-corrected chi connectivity index (χ2v) is 4.03. The molecule has 1 unspecified atom stereocenters. The van der Waals surface area contributed by atoms with E-state index in [2.05, 4.69) is 10.6 Å². The highest BCUT2D eigenvalue weighted by molar-refractivity contribution is 5.77. The van der Waals surface area contributed by atoms with Crippen molar-refractivity contribution in [1.29, 1.82) is 5.26 Å². The summed E-state index contributed by atoms with van der Waals surface area (Å²) >= 11 is 0. The van der Waals surface area contributed by atoms with Crippen molar-refractivity contribution in [1.82, 2.24) is 10.6 Å². The van der Waals surface area contributed by atoms with Crippen molar-refractivity contribution in [3.63, 3.8) is 0 Å². The summed E-state index contributed by atoms with van der Waals surface area (Å²) in [5.74, 6) is 0.140. The van der Waals surface area contributed by atoms with Crippen LogP contribution >= 0.6 is 0 Å². The molecule has 98 valence electrons. The summed E-state index contributed by atoms with van der Waals surface area (Å²) in [7, 11) is 0. The van der Waals surface area contributed by atoms with Crippen LogP contribution < -0.4 is 10.6 Å². The van der Waals surface area contributed by atoms with E-state index in [1.165, 1.54) is 0 Å². The Morgan fingerprint density at radius 2 is 2.06 bits per heavy atom. The summed E-state index contributed by atoms with van der Waals surface area (Å²) < 4.78 is 0. The van der Waals surface area contributed by atoms with Gasteiger partial charge < -0.3 is 15.7 Å². The van der Waals surface area contributed by atoms with Gasteiger partial charge >= 0.3 is 0 Å². The van der Waals surface area contributed by atoms with Crippen LogP contribution in [-0.4, -0.2) is 36.8 Å². The maximum absolute atomic E-state index is 11.2. The molecule has 0 radical (unpaired) electrons. The highest BCUT2D eigenvalue weighted by Gasteiger charge is 2.14. The normalized spacial score (nSPS) is 12.2. The largest absolute Gasteiger partial charge is 0.392 e. The van der Waals surface area contributed by atoms with Gasteiger partial charge in [-0.15, -0.1) is 0 Å². The predicted octanol–water partition coefficient (Wildman–Crippen LogP) is 0.403. The number of hydrogen-bond acceptors (Lipinski definition) is 4. The van der Waals surface area contributed by atoms with Gasteiger partial charge in [0.25, 0.3) is 0 Å². The van der Waals surface area contributed by atoms with Gasteiger partial charge in [0.05, 0.1) is 25.1 Å². The molecule has 17 heavy (non-hydrogen) atoms. The molecule has 0 saturated carbocycles. The number of hydrogen-bond donors (Lipinski definition) is 3. The van der Waals surface area contributed by atoms with E-state index >= 15 is 0 Å². The molecule has 0 spiro atoms. The van der Waals surface area contributed by atoms with Crippen LogP contribution in [0.25, 0.3) is 0 Å². The molecule has 0 aromatic carbocycles. The lowest BCUT2D eigenvalue weighted by Gasteiger charge is -2.20. The Kier molecular flexibility index (Phi) is 9.40. The van der Waals surface area contributed by atoms with E-state index in [4.69, 9.17) is 5.26 Å². The number of nitrogens with one attached hydrogen (secondary N) is 2. The van der Waals surface area contributed by atoms with Gasteiger partial charge in [0, 0.05) is 13.1 Å². The third kappa shape index (κ3) is 7.72. The van der Waals surface area contributed by atoms with Crippen molar-refractivity contribution in [2.45, 2.75) is 39.2 Å². The number of carbonyl (C=O) groups is 1. The molecule has 0 saturated heterocycles. The molecule has 5 nitrogen and oxygen atoms in total. The minimum absolute atomic E-state index is 0.142. The number of aliphatic hydroxyl groups excluding tert-OH is 1. The van der Waals surface area contributed by atoms with Gasteiger partial charge in [0.1, 0.15) is 0 Å². The zero-order valence-corrected chi connectivity index (χ0v) is 10.7. The third-order valence-electron chi connectivity index (χ3n) is 2.79. The van der Waals surface area contributed by atoms with Gasteiger partial charge in [0.2, 0.25) is 5.91 Å². The minimum atomic E-state index is -0.406. The Labute approximate surface area is 103 Å². The molecule has 0 aliphatic heterocycles. The van der Waals surface area contributed by atoms with Crippen LogP contribution in [0.2, 0.25) is 0 Å². The first-order chi connectivity index (χ1) is 8.15. The van der Waals surface area contributed by atoms with E-state index in [0.29, 0.717) is 19.5 Å². The quantitative estimate of drug-likeness (QED) is 0.510. The summed E-state index contributed by atoms with van der Waals surface area (Å²) in [5.41, 5.74) is 0. The van der Waals surface area contributed by atoms with E-state index in [0.717, 1.165) is 12.8 Å². The fourth-order valence-corrected chi connectivity index (χ4v) is 1.65. The molecule has 1 atom stereocenters. The molecule has 3 N–H and O–H groups in total. The molecule has 0 fully saturated rings. The summed E-state index contributed by atoms with van der Waals surface area (Å²) in [6.07, 6.45) is 1.79. The van der Waals surface area contributed by atoms with Crippen molar-refractivity contribution in [3.8, 4) is 6.07 Å². The van der Waals surface area contributed by atoms with Crippen LogP contribution in [0.4, 0.5) is 0 Å². The Hall–Kier alpha value is -1.12. The van der Waals surface area contributed by atoms with Crippen molar-refractivity contribution >= 4 is 5.91 Å². The second-order valence-electron chi connectivity index (χ2n) is 4.03. The van der Waals surface area contributed by atoms with Gasteiger partial charge in [-0.1, -0.05) is 26.7 Å². The summed E-state index contributed by atoms with van der Waals surface area (Å²) in [5, 5.41) is 23.6. The maximum Gasteiger partial charge on any atom is 0.233 e.